The molecule has 1 aromatic heterocycles. The van der Waals surface area contributed by atoms with Crippen LogP contribution >= 0.6 is 11.8 Å². The number of ether oxygens (including phenoxy) is 1. The maximum Gasteiger partial charge on any atom is 0.260 e. The molecule has 2 rings (SSSR count). The number of rotatable bonds is 6. The molecule has 4 nitrogen and oxygen atoms in total. The van der Waals surface area contributed by atoms with Gasteiger partial charge in [0.05, 0.1) is 12.6 Å². The minimum absolute atomic E-state index is 0.0570. The normalized spacial score (nSPS) is 11.3. The molecule has 0 spiro atoms. The summed E-state index contributed by atoms with van der Waals surface area (Å²) in [6.45, 7) is 4.31. The highest BCUT2D eigenvalue weighted by atomic mass is 32.2. The summed E-state index contributed by atoms with van der Waals surface area (Å²) in [7, 11) is 1.69. The summed E-state index contributed by atoms with van der Waals surface area (Å²) in [4.78, 5) is 6.03. The summed E-state index contributed by atoms with van der Waals surface area (Å²) in [5.74, 6) is 0.862. The molecule has 1 heterocycles. The number of pyridine rings is 1. The molecule has 0 fully saturated rings. The average Bonchev–Trinajstić information content (AvgIpc) is 2.46. The molecule has 5 heteroatoms. The average molecular weight is 307 g/mol. The highest BCUT2D eigenvalue weighted by Gasteiger charge is 2.17. The zero-order valence-corrected chi connectivity index (χ0v) is 13.9. The Kier molecular flexibility index (Phi) is 5.45. The Morgan fingerprint density at radius 1 is 1.33 bits per heavy atom. The molecular formula is C16H25N3OS+2. The van der Waals surface area contributed by atoms with Crippen LogP contribution in [0.4, 0.5) is 0 Å². The molecular weight excluding hydrogens is 282 g/mol. The topological polar surface area (TPSA) is 77.4 Å². The lowest BCUT2D eigenvalue weighted by atomic mass is 10.0. The van der Waals surface area contributed by atoms with Crippen LogP contribution in [0.2, 0.25) is 0 Å². The van der Waals surface area contributed by atoms with Crippen LogP contribution in [0.3, 0.4) is 0 Å². The molecule has 0 aliphatic heterocycles. The van der Waals surface area contributed by atoms with E-state index in [4.69, 9.17) is 9.72 Å². The first-order valence-corrected chi connectivity index (χ1v) is 8.24. The Balaban J connectivity index is 2.64. The van der Waals surface area contributed by atoms with Gasteiger partial charge in [0.1, 0.15) is 5.75 Å². The first-order chi connectivity index (χ1) is 10.1. The largest absolute Gasteiger partial charge is 0.497 e. The molecule has 0 saturated heterocycles. The third kappa shape index (κ3) is 3.67. The van der Waals surface area contributed by atoms with Crippen LogP contribution in [-0.4, -0.2) is 17.6 Å². The van der Waals surface area contributed by atoms with Crippen molar-refractivity contribution in [3.8, 4) is 5.75 Å². The van der Waals surface area contributed by atoms with E-state index >= 15 is 0 Å². The summed E-state index contributed by atoms with van der Waals surface area (Å²) < 4.78 is 5.37. The predicted molar refractivity (Wildman–Crippen MR) is 87.1 cm³/mol. The number of hydrogen-bond acceptors (Lipinski definition) is 3. The van der Waals surface area contributed by atoms with Gasteiger partial charge >= 0.3 is 0 Å². The second-order valence-electron chi connectivity index (χ2n) is 5.23. The van der Waals surface area contributed by atoms with Gasteiger partial charge in [-0.2, -0.15) is 0 Å². The number of fused-ring (bicyclic) bond motifs is 1. The van der Waals surface area contributed by atoms with E-state index in [1.54, 1.807) is 18.9 Å². The number of aryl methyl sites for hydroxylation is 1. The number of nitrogens with zero attached hydrogens (tertiary/aromatic N) is 1. The Morgan fingerprint density at radius 3 is 2.71 bits per heavy atom. The number of aromatic nitrogens is 1. The van der Waals surface area contributed by atoms with E-state index in [-0.39, 0.29) is 5.50 Å². The first kappa shape index (κ1) is 16.1. The van der Waals surface area contributed by atoms with E-state index in [0.717, 1.165) is 28.8 Å². The Bertz CT molecular complexity index is 628. The zero-order chi connectivity index (χ0) is 15.4. The summed E-state index contributed by atoms with van der Waals surface area (Å²) in [5.41, 5.74) is 11.6. The van der Waals surface area contributed by atoms with Gasteiger partial charge in [0, 0.05) is 27.7 Å². The molecule has 114 valence electrons. The molecule has 0 amide bonds. The van der Waals surface area contributed by atoms with Crippen LogP contribution in [0.15, 0.2) is 23.1 Å². The van der Waals surface area contributed by atoms with Gasteiger partial charge in [-0.25, -0.2) is 0 Å². The smallest absolute Gasteiger partial charge is 0.260 e. The maximum atomic E-state index is 5.37. The minimum Gasteiger partial charge on any atom is -0.497 e. The van der Waals surface area contributed by atoms with E-state index in [1.165, 1.54) is 23.3 Å². The highest BCUT2D eigenvalue weighted by Crippen LogP contribution is 2.35. The fourth-order valence-electron chi connectivity index (χ4n) is 2.45. The van der Waals surface area contributed by atoms with Crippen LogP contribution in [-0.2, 0) is 6.42 Å². The van der Waals surface area contributed by atoms with Crippen molar-refractivity contribution in [3.05, 3.63) is 29.5 Å². The van der Waals surface area contributed by atoms with Crippen LogP contribution in [0.25, 0.3) is 10.9 Å². The van der Waals surface area contributed by atoms with Crippen molar-refractivity contribution in [3.63, 3.8) is 0 Å². The number of unbranched alkanes of at least 4 members (excludes halogenated alkanes) is 1. The molecule has 21 heavy (non-hydrogen) atoms. The van der Waals surface area contributed by atoms with Crippen molar-refractivity contribution in [2.45, 2.75) is 43.5 Å². The molecule has 0 radical (unpaired) electrons. The maximum absolute atomic E-state index is 5.37. The lowest BCUT2D eigenvalue weighted by Gasteiger charge is -2.15. The predicted octanol–water partition coefficient (Wildman–Crippen LogP) is 1.75. The van der Waals surface area contributed by atoms with Crippen LogP contribution < -0.4 is 16.2 Å². The molecule has 0 unspecified atom stereocenters. The van der Waals surface area contributed by atoms with Crippen LogP contribution in [0, 0.1) is 6.92 Å². The number of hydrogen-bond donors (Lipinski definition) is 2. The second-order valence-corrected chi connectivity index (χ2v) is 6.54. The molecule has 0 bridgehead atoms. The quantitative estimate of drug-likeness (QED) is 0.630. The molecule has 2 aromatic rings. The molecule has 0 aliphatic carbocycles. The van der Waals surface area contributed by atoms with E-state index < -0.39 is 0 Å². The van der Waals surface area contributed by atoms with Crippen molar-refractivity contribution in [1.29, 1.82) is 0 Å². The van der Waals surface area contributed by atoms with Crippen molar-refractivity contribution in [1.82, 2.24) is 4.98 Å². The van der Waals surface area contributed by atoms with E-state index in [0.29, 0.717) is 0 Å². The molecule has 0 aliphatic rings. The number of quaternary nitrogens is 2. The van der Waals surface area contributed by atoms with E-state index in [2.05, 4.69) is 31.4 Å². The Labute approximate surface area is 130 Å². The zero-order valence-electron chi connectivity index (χ0n) is 13.1. The summed E-state index contributed by atoms with van der Waals surface area (Å²) in [5, 5.41) is 1.15. The van der Waals surface area contributed by atoms with Crippen molar-refractivity contribution in [2.75, 3.05) is 7.11 Å². The van der Waals surface area contributed by atoms with Crippen molar-refractivity contribution >= 4 is 22.7 Å². The fourth-order valence-corrected chi connectivity index (χ4v) is 3.46. The molecule has 0 atom stereocenters. The van der Waals surface area contributed by atoms with Gasteiger partial charge in [-0.1, -0.05) is 13.3 Å². The standard InChI is InChI=1S/C16H23N3OS/c1-4-5-6-12-10(2)19-14-8-7-11(20-3)9-13(14)15(12)21-16(17)18/h7-9,16H,4-6,17-18H2,1-3H3/p+2. The van der Waals surface area contributed by atoms with E-state index in [9.17, 15) is 0 Å². The Hall–Kier alpha value is -1.30. The fraction of sp³-hybridized carbons (Fsp3) is 0.438. The summed E-state index contributed by atoms with van der Waals surface area (Å²) in [6, 6.07) is 6.05. The first-order valence-electron chi connectivity index (χ1n) is 7.36. The van der Waals surface area contributed by atoms with Gasteiger partial charge in [0.25, 0.3) is 5.50 Å². The van der Waals surface area contributed by atoms with Gasteiger partial charge in [-0.3, -0.25) is 16.5 Å². The molecule has 6 N–H and O–H groups in total. The number of thioether (sulfide) groups is 1. The third-order valence-corrected chi connectivity index (χ3v) is 4.55. The van der Waals surface area contributed by atoms with Gasteiger partial charge in [0.15, 0.2) is 0 Å². The Morgan fingerprint density at radius 2 is 2.10 bits per heavy atom. The number of methoxy groups -OCH3 is 1. The number of benzene rings is 1. The van der Waals surface area contributed by atoms with Gasteiger partial charge in [0.2, 0.25) is 0 Å². The van der Waals surface area contributed by atoms with Gasteiger partial charge < -0.3 is 4.74 Å². The monoisotopic (exact) mass is 307 g/mol. The highest BCUT2D eigenvalue weighted by molar-refractivity contribution is 7.99. The minimum atomic E-state index is 0.0570. The molecule has 1 aromatic carbocycles. The van der Waals surface area contributed by atoms with Crippen molar-refractivity contribution in [2.24, 2.45) is 0 Å². The van der Waals surface area contributed by atoms with Gasteiger partial charge in [-0.15, -0.1) is 0 Å². The lowest BCUT2D eigenvalue weighted by Crippen LogP contribution is -2.82. The lowest BCUT2D eigenvalue weighted by molar-refractivity contribution is -0.619. The third-order valence-electron chi connectivity index (χ3n) is 3.51. The van der Waals surface area contributed by atoms with Crippen LogP contribution in [0.1, 0.15) is 31.0 Å². The SMILES string of the molecule is CCCCc1c(C)nc2ccc(OC)cc2c1SC([NH3+])[NH3+]. The van der Waals surface area contributed by atoms with Crippen molar-refractivity contribution < 1.29 is 16.2 Å². The summed E-state index contributed by atoms with van der Waals surface area (Å²) >= 11 is 1.72. The second kappa shape index (κ2) is 7.11. The van der Waals surface area contributed by atoms with Gasteiger partial charge in [-0.05, 0) is 43.5 Å². The summed E-state index contributed by atoms with van der Waals surface area (Å²) in [6.07, 6.45) is 3.40. The van der Waals surface area contributed by atoms with Crippen LogP contribution in [0.5, 0.6) is 5.75 Å². The molecule has 0 saturated carbocycles. The van der Waals surface area contributed by atoms with E-state index in [1.807, 2.05) is 12.1 Å².